The minimum absolute atomic E-state index is 0.157. The number of hydrogen-bond donors (Lipinski definition) is 1. The van der Waals surface area contributed by atoms with Gasteiger partial charge >= 0.3 is 0 Å². The number of para-hydroxylation sites is 1. The van der Waals surface area contributed by atoms with E-state index in [9.17, 15) is 0 Å². The van der Waals surface area contributed by atoms with Crippen LogP contribution in [0.25, 0.3) is 0 Å². The fraction of sp³-hybridized carbons (Fsp3) is 0.125. The molecule has 0 amide bonds. The Kier molecular flexibility index (Phi) is 5.32. The van der Waals surface area contributed by atoms with Crippen LogP contribution in [-0.2, 0) is 0 Å². The van der Waals surface area contributed by atoms with Crippen molar-refractivity contribution in [1.29, 1.82) is 0 Å². The van der Waals surface area contributed by atoms with Crippen LogP contribution in [-0.4, -0.2) is 25.5 Å². The summed E-state index contributed by atoms with van der Waals surface area (Å²) in [5, 5.41) is 5.99. The third-order valence-corrected chi connectivity index (χ3v) is 3.13. The number of nitrogens with zero attached hydrogens (tertiary/aromatic N) is 2. The number of benzene rings is 2. The maximum Gasteiger partial charge on any atom is 0.191 e. The van der Waals surface area contributed by atoms with Crippen molar-refractivity contribution in [3.05, 3.63) is 54.1 Å². The number of anilines is 1. The average Bonchev–Trinajstić information content (AvgIpc) is 2.55. The molecule has 0 spiro atoms. The third-order valence-electron chi connectivity index (χ3n) is 2.96. The summed E-state index contributed by atoms with van der Waals surface area (Å²) in [4.78, 5) is 0. The molecule has 2 aromatic rings. The van der Waals surface area contributed by atoms with Crippen LogP contribution < -0.4 is 20.2 Å². The van der Waals surface area contributed by atoms with Crippen LogP contribution in [0, 0.1) is 0 Å². The molecule has 0 bridgehead atoms. The van der Waals surface area contributed by atoms with Crippen LogP contribution in [0.15, 0.2) is 53.6 Å². The van der Waals surface area contributed by atoms with Crippen LogP contribution in [0.5, 0.6) is 11.5 Å². The van der Waals surface area contributed by atoms with Gasteiger partial charge in [-0.25, -0.2) is 5.01 Å². The third kappa shape index (κ3) is 3.73. The smallest absolute Gasteiger partial charge is 0.191 e. The normalized spacial score (nSPS) is 10.5. The number of methoxy groups -OCH3 is 2. The number of hydrogen-bond acceptors (Lipinski definition) is 4. The first-order valence-electron chi connectivity index (χ1n) is 6.56. The van der Waals surface area contributed by atoms with Crippen LogP contribution in [0.1, 0.15) is 5.56 Å². The molecule has 22 heavy (non-hydrogen) atoms. The molecule has 0 radical (unpaired) electrons. The lowest BCUT2D eigenvalue weighted by molar-refractivity contribution is 0.402. The van der Waals surface area contributed by atoms with Crippen molar-refractivity contribution in [1.82, 2.24) is 0 Å². The van der Waals surface area contributed by atoms with E-state index in [2.05, 4.69) is 5.10 Å². The van der Waals surface area contributed by atoms with Crippen LogP contribution >= 0.6 is 12.2 Å². The minimum Gasteiger partial charge on any atom is -0.497 e. The first kappa shape index (κ1) is 15.8. The Morgan fingerprint density at radius 1 is 1.14 bits per heavy atom. The van der Waals surface area contributed by atoms with E-state index < -0.39 is 0 Å². The Balaban J connectivity index is 2.34. The van der Waals surface area contributed by atoms with Gasteiger partial charge in [0, 0.05) is 5.56 Å². The second-order valence-electron chi connectivity index (χ2n) is 4.34. The van der Waals surface area contributed by atoms with E-state index in [4.69, 9.17) is 27.4 Å². The van der Waals surface area contributed by atoms with Gasteiger partial charge in [0.2, 0.25) is 0 Å². The average molecular weight is 315 g/mol. The van der Waals surface area contributed by atoms with Crippen molar-refractivity contribution in [2.45, 2.75) is 0 Å². The van der Waals surface area contributed by atoms with Gasteiger partial charge in [-0.15, -0.1) is 0 Å². The molecule has 0 aliphatic carbocycles. The Labute approximate surface area is 134 Å². The van der Waals surface area contributed by atoms with E-state index in [0.717, 1.165) is 11.3 Å². The Morgan fingerprint density at radius 3 is 2.45 bits per heavy atom. The highest BCUT2D eigenvalue weighted by molar-refractivity contribution is 7.80. The lowest BCUT2D eigenvalue weighted by atomic mass is 10.2. The standard InChI is InChI=1S/C16H17N3O2S/c1-20-14-8-9-15(21-2)12(10-14)11-18-19(16(17)22)13-6-4-3-5-7-13/h3-11H,1-2H3,(H2,17,22)/b18-11+. The summed E-state index contributed by atoms with van der Waals surface area (Å²) in [6.45, 7) is 0. The van der Waals surface area contributed by atoms with Gasteiger partial charge in [0.05, 0.1) is 26.1 Å². The zero-order valence-electron chi connectivity index (χ0n) is 12.4. The maximum absolute atomic E-state index is 5.75. The van der Waals surface area contributed by atoms with Crippen molar-refractivity contribution in [3.63, 3.8) is 0 Å². The van der Waals surface area contributed by atoms with Gasteiger partial charge in [0.15, 0.2) is 5.11 Å². The number of ether oxygens (including phenoxy) is 2. The van der Waals surface area contributed by atoms with Gasteiger partial charge in [0.1, 0.15) is 11.5 Å². The van der Waals surface area contributed by atoms with Gasteiger partial charge in [0.25, 0.3) is 0 Å². The quantitative estimate of drug-likeness (QED) is 0.522. The molecule has 6 heteroatoms. The molecule has 0 heterocycles. The second-order valence-corrected chi connectivity index (χ2v) is 4.76. The second kappa shape index (κ2) is 7.42. The van der Waals surface area contributed by atoms with Crippen molar-refractivity contribution >= 4 is 29.2 Å². The molecule has 0 saturated carbocycles. The van der Waals surface area contributed by atoms with E-state index >= 15 is 0 Å². The number of rotatable bonds is 5. The zero-order valence-corrected chi connectivity index (χ0v) is 13.2. The summed E-state index contributed by atoms with van der Waals surface area (Å²) in [6, 6.07) is 14.9. The van der Waals surface area contributed by atoms with Gasteiger partial charge in [-0.05, 0) is 42.5 Å². The molecule has 0 aromatic heterocycles. The molecule has 5 nitrogen and oxygen atoms in total. The van der Waals surface area contributed by atoms with Crippen LogP contribution in [0.3, 0.4) is 0 Å². The molecule has 0 unspecified atom stereocenters. The lowest BCUT2D eigenvalue weighted by Crippen LogP contribution is -2.30. The highest BCUT2D eigenvalue weighted by Gasteiger charge is 2.08. The summed E-state index contributed by atoms with van der Waals surface area (Å²) in [6.07, 6.45) is 1.63. The molecule has 0 atom stereocenters. The van der Waals surface area contributed by atoms with Gasteiger partial charge in [-0.3, -0.25) is 0 Å². The van der Waals surface area contributed by atoms with Crippen molar-refractivity contribution < 1.29 is 9.47 Å². The zero-order chi connectivity index (χ0) is 15.9. The predicted molar refractivity (Wildman–Crippen MR) is 92.8 cm³/mol. The highest BCUT2D eigenvalue weighted by atomic mass is 32.1. The fourth-order valence-corrected chi connectivity index (χ4v) is 2.03. The van der Waals surface area contributed by atoms with Crippen LogP contribution in [0.4, 0.5) is 5.69 Å². The van der Waals surface area contributed by atoms with Crippen molar-refractivity contribution in [2.24, 2.45) is 10.8 Å². The monoisotopic (exact) mass is 315 g/mol. The summed E-state index contributed by atoms with van der Waals surface area (Å²) in [5.74, 6) is 1.39. The molecule has 0 aliphatic heterocycles. The van der Waals surface area contributed by atoms with E-state index in [0.29, 0.717) is 11.5 Å². The summed E-state index contributed by atoms with van der Waals surface area (Å²) in [5.41, 5.74) is 7.30. The first-order valence-corrected chi connectivity index (χ1v) is 6.97. The molecule has 2 N–H and O–H groups in total. The summed E-state index contributed by atoms with van der Waals surface area (Å²) < 4.78 is 10.5. The number of thiocarbonyl (C=S) groups is 1. The molecular formula is C16H17N3O2S. The molecule has 0 saturated heterocycles. The molecule has 0 aliphatic rings. The number of hydrazone groups is 1. The van der Waals surface area contributed by atoms with Crippen LogP contribution in [0.2, 0.25) is 0 Å². The maximum atomic E-state index is 5.75. The number of nitrogens with two attached hydrogens (primary N) is 1. The van der Waals surface area contributed by atoms with E-state index in [1.54, 1.807) is 20.4 Å². The van der Waals surface area contributed by atoms with E-state index in [1.807, 2.05) is 48.5 Å². The topological polar surface area (TPSA) is 60.1 Å². The molecule has 2 rings (SSSR count). The Hall–Kier alpha value is -2.60. The van der Waals surface area contributed by atoms with Gasteiger partial charge < -0.3 is 15.2 Å². The Morgan fingerprint density at radius 2 is 1.86 bits per heavy atom. The lowest BCUT2D eigenvalue weighted by Gasteiger charge is -2.16. The largest absolute Gasteiger partial charge is 0.497 e. The molecule has 114 valence electrons. The predicted octanol–water partition coefficient (Wildman–Crippen LogP) is 2.79. The van der Waals surface area contributed by atoms with E-state index in [1.165, 1.54) is 5.01 Å². The van der Waals surface area contributed by atoms with Crippen molar-refractivity contribution in [2.75, 3.05) is 19.2 Å². The van der Waals surface area contributed by atoms with Gasteiger partial charge in [-0.2, -0.15) is 5.10 Å². The van der Waals surface area contributed by atoms with Crippen molar-refractivity contribution in [3.8, 4) is 11.5 Å². The summed E-state index contributed by atoms with van der Waals surface area (Å²) >= 11 is 5.06. The minimum atomic E-state index is 0.157. The highest BCUT2D eigenvalue weighted by Crippen LogP contribution is 2.23. The van der Waals surface area contributed by atoms with E-state index in [-0.39, 0.29) is 5.11 Å². The first-order chi connectivity index (χ1) is 10.7. The van der Waals surface area contributed by atoms with Gasteiger partial charge in [-0.1, -0.05) is 18.2 Å². The Bertz CT molecular complexity index is 674. The SMILES string of the molecule is COc1ccc(OC)c(/C=N/N(C(N)=S)c2ccccc2)c1. The summed E-state index contributed by atoms with van der Waals surface area (Å²) in [7, 11) is 3.20. The molecule has 2 aromatic carbocycles. The molecular weight excluding hydrogens is 298 g/mol. The molecule has 0 fully saturated rings. The fourth-order valence-electron chi connectivity index (χ4n) is 1.88.